The third-order valence-electron chi connectivity index (χ3n) is 3.08. The van der Waals surface area contributed by atoms with E-state index in [9.17, 15) is 0 Å². The van der Waals surface area contributed by atoms with Crippen molar-refractivity contribution in [2.45, 2.75) is 38.4 Å². The molecular weight excluding hydrogens is 240 g/mol. The first-order valence-corrected chi connectivity index (χ1v) is 6.76. The summed E-state index contributed by atoms with van der Waals surface area (Å²) in [4.78, 5) is 0. The van der Waals surface area contributed by atoms with Gasteiger partial charge in [0.05, 0.1) is 18.8 Å². The minimum Gasteiger partial charge on any atom is -0.491 e. The minimum absolute atomic E-state index is 0.105. The highest BCUT2D eigenvalue weighted by Gasteiger charge is 2.21. The van der Waals surface area contributed by atoms with Gasteiger partial charge >= 0.3 is 0 Å². The van der Waals surface area contributed by atoms with Gasteiger partial charge in [-0.15, -0.1) is 0 Å². The quantitative estimate of drug-likeness (QED) is 0.845. The molecule has 19 heavy (non-hydrogen) atoms. The van der Waals surface area contributed by atoms with Crippen LogP contribution in [0.15, 0.2) is 24.3 Å². The van der Waals surface area contributed by atoms with E-state index < -0.39 is 0 Å². The summed E-state index contributed by atoms with van der Waals surface area (Å²) in [5, 5.41) is 8.65. The summed E-state index contributed by atoms with van der Waals surface area (Å²) in [6.45, 7) is 2.81. The fourth-order valence-corrected chi connectivity index (χ4v) is 2.05. The smallest absolute Gasteiger partial charge is 0.119 e. The zero-order valence-electron chi connectivity index (χ0n) is 11.3. The predicted molar refractivity (Wildman–Crippen MR) is 74.1 cm³/mol. The lowest BCUT2D eigenvalue weighted by Crippen LogP contribution is -2.17. The number of benzene rings is 1. The highest BCUT2D eigenvalue weighted by atomic mass is 16.5. The average Bonchev–Trinajstić information content (AvgIpc) is 2.84. The van der Waals surface area contributed by atoms with Gasteiger partial charge in [0.2, 0.25) is 0 Å². The van der Waals surface area contributed by atoms with E-state index in [2.05, 4.69) is 18.8 Å². The Balaban J connectivity index is 1.80. The fourth-order valence-electron chi connectivity index (χ4n) is 2.05. The molecule has 2 unspecified atom stereocenters. The molecule has 0 amide bonds. The molecule has 1 aliphatic rings. The Kier molecular flexibility index (Phi) is 5.26. The van der Waals surface area contributed by atoms with Crippen molar-refractivity contribution in [3.8, 4) is 17.6 Å². The molecule has 2 atom stereocenters. The molecule has 0 aliphatic carbocycles. The summed E-state index contributed by atoms with van der Waals surface area (Å²) in [6, 6.07) is 7.69. The van der Waals surface area contributed by atoms with E-state index in [0.29, 0.717) is 19.1 Å². The molecular formula is C16H20O3. The molecule has 1 aromatic rings. The molecule has 3 nitrogen and oxygen atoms in total. The summed E-state index contributed by atoms with van der Waals surface area (Å²) in [6.07, 6.45) is 3.28. The molecule has 0 aromatic heterocycles. The Morgan fingerprint density at radius 2 is 2.11 bits per heavy atom. The van der Waals surface area contributed by atoms with Crippen LogP contribution in [0.3, 0.4) is 0 Å². The summed E-state index contributed by atoms with van der Waals surface area (Å²) < 4.78 is 11.4. The van der Waals surface area contributed by atoms with Gasteiger partial charge in [0.25, 0.3) is 0 Å². The van der Waals surface area contributed by atoms with E-state index in [1.165, 1.54) is 0 Å². The zero-order chi connectivity index (χ0) is 13.5. The minimum atomic E-state index is 0.105. The third-order valence-corrected chi connectivity index (χ3v) is 3.08. The van der Waals surface area contributed by atoms with Gasteiger partial charge in [-0.2, -0.15) is 0 Å². The van der Waals surface area contributed by atoms with E-state index in [-0.39, 0.29) is 12.7 Å². The predicted octanol–water partition coefficient (Wildman–Crippen LogP) is 2.37. The van der Waals surface area contributed by atoms with E-state index >= 15 is 0 Å². The Bertz CT molecular complexity index is 441. The normalized spacial score (nSPS) is 21.8. The first-order valence-electron chi connectivity index (χ1n) is 6.76. The van der Waals surface area contributed by atoms with Gasteiger partial charge in [0, 0.05) is 12.0 Å². The van der Waals surface area contributed by atoms with E-state index in [4.69, 9.17) is 14.6 Å². The van der Waals surface area contributed by atoms with Crippen molar-refractivity contribution in [3.05, 3.63) is 29.8 Å². The van der Waals surface area contributed by atoms with E-state index in [1.54, 1.807) is 0 Å². The van der Waals surface area contributed by atoms with Gasteiger partial charge < -0.3 is 14.6 Å². The SMILES string of the molecule is CC1CCC(COc2ccc(C#CCCO)cc2)O1. The van der Waals surface area contributed by atoms with Gasteiger partial charge in [-0.3, -0.25) is 0 Å². The lowest BCUT2D eigenvalue weighted by atomic mass is 10.2. The molecule has 1 N–H and O–H groups in total. The van der Waals surface area contributed by atoms with Gasteiger partial charge in [-0.1, -0.05) is 11.8 Å². The maximum Gasteiger partial charge on any atom is 0.119 e. The molecule has 0 spiro atoms. The van der Waals surface area contributed by atoms with Crippen molar-refractivity contribution in [1.82, 2.24) is 0 Å². The average molecular weight is 260 g/mol. The monoisotopic (exact) mass is 260 g/mol. The van der Waals surface area contributed by atoms with Crippen LogP contribution >= 0.6 is 0 Å². The number of aliphatic hydroxyl groups is 1. The number of hydrogen-bond donors (Lipinski definition) is 1. The van der Waals surface area contributed by atoms with Crippen LogP contribution in [0.4, 0.5) is 0 Å². The molecule has 1 fully saturated rings. The van der Waals surface area contributed by atoms with Crippen LogP contribution in [0.25, 0.3) is 0 Å². The van der Waals surface area contributed by atoms with E-state index in [0.717, 1.165) is 24.2 Å². The maximum absolute atomic E-state index is 8.65. The van der Waals surface area contributed by atoms with Gasteiger partial charge in [0.1, 0.15) is 12.4 Å². The topological polar surface area (TPSA) is 38.7 Å². The number of hydrogen-bond acceptors (Lipinski definition) is 3. The van der Waals surface area contributed by atoms with Crippen molar-refractivity contribution in [2.75, 3.05) is 13.2 Å². The van der Waals surface area contributed by atoms with Crippen molar-refractivity contribution >= 4 is 0 Å². The highest BCUT2D eigenvalue weighted by molar-refractivity contribution is 5.38. The Morgan fingerprint density at radius 1 is 1.32 bits per heavy atom. The van der Waals surface area contributed by atoms with Gasteiger partial charge in [-0.25, -0.2) is 0 Å². The van der Waals surface area contributed by atoms with Crippen LogP contribution in [0, 0.1) is 11.8 Å². The zero-order valence-corrected chi connectivity index (χ0v) is 11.3. The van der Waals surface area contributed by atoms with Crippen molar-refractivity contribution in [2.24, 2.45) is 0 Å². The molecule has 1 heterocycles. The standard InChI is InChI=1S/C16H20O3/c1-13-5-8-16(19-13)12-18-15-9-6-14(7-10-15)4-2-3-11-17/h6-7,9-10,13,16-17H,3,5,8,11-12H2,1H3. The molecule has 102 valence electrons. The van der Waals surface area contributed by atoms with Crippen LogP contribution in [0.2, 0.25) is 0 Å². The first-order chi connectivity index (χ1) is 9.28. The Morgan fingerprint density at radius 3 is 2.74 bits per heavy atom. The van der Waals surface area contributed by atoms with Gasteiger partial charge in [-0.05, 0) is 44.0 Å². The van der Waals surface area contributed by atoms with Crippen LogP contribution in [0.1, 0.15) is 31.7 Å². The number of aliphatic hydroxyl groups excluding tert-OH is 1. The van der Waals surface area contributed by atoms with Crippen LogP contribution in [-0.4, -0.2) is 30.5 Å². The lowest BCUT2D eigenvalue weighted by molar-refractivity contribution is 0.0264. The molecule has 0 saturated carbocycles. The van der Waals surface area contributed by atoms with E-state index in [1.807, 2.05) is 24.3 Å². The number of rotatable bonds is 4. The second-order valence-corrected chi connectivity index (χ2v) is 4.76. The second kappa shape index (κ2) is 7.18. The summed E-state index contributed by atoms with van der Waals surface area (Å²) in [5.41, 5.74) is 0.937. The van der Waals surface area contributed by atoms with Crippen LogP contribution in [0.5, 0.6) is 5.75 Å². The fraction of sp³-hybridized carbons (Fsp3) is 0.500. The van der Waals surface area contributed by atoms with Crippen molar-refractivity contribution in [3.63, 3.8) is 0 Å². The van der Waals surface area contributed by atoms with Crippen molar-refractivity contribution in [1.29, 1.82) is 0 Å². The summed E-state index contributed by atoms with van der Waals surface area (Å²) in [7, 11) is 0. The van der Waals surface area contributed by atoms with Crippen LogP contribution in [-0.2, 0) is 4.74 Å². The molecule has 0 radical (unpaired) electrons. The second-order valence-electron chi connectivity index (χ2n) is 4.76. The lowest BCUT2D eigenvalue weighted by Gasteiger charge is -2.12. The molecule has 1 aromatic carbocycles. The van der Waals surface area contributed by atoms with Crippen LogP contribution < -0.4 is 4.74 Å². The molecule has 2 rings (SSSR count). The Labute approximate surface area is 114 Å². The first kappa shape index (κ1) is 13.9. The Hall–Kier alpha value is -1.50. The number of ether oxygens (including phenoxy) is 2. The van der Waals surface area contributed by atoms with Crippen molar-refractivity contribution < 1.29 is 14.6 Å². The summed E-state index contributed by atoms with van der Waals surface area (Å²) >= 11 is 0. The maximum atomic E-state index is 8.65. The molecule has 3 heteroatoms. The highest BCUT2D eigenvalue weighted by Crippen LogP contribution is 2.20. The molecule has 1 aliphatic heterocycles. The largest absolute Gasteiger partial charge is 0.491 e. The third kappa shape index (κ3) is 4.59. The van der Waals surface area contributed by atoms with Gasteiger partial charge in [0.15, 0.2) is 0 Å². The summed E-state index contributed by atoms with van der Waals surface area (Å²) in [5.74, 6) is 6.72. The molecule has 0 bridgehead atoms. The molecule has 1 saturated heterocycles.